The van der Waals surface area contributed by atoms with Crippen LogP contribution in [-0.4, -0.2) is 46.4 Å². The number of aliphatic carboxylic acids is 1. The fourth-order valence-electron chi connectivity index (χ4n) is 3.62. The zero-order chi connectivity index (χ0) is 19.1. The molecule has 0 aromatic heterocycles. The van der Waals surface area contributed by atoms with Crippen LogP contribution in [0.3, 0.4) is 0 Å². The smallest absolute Gasteiger partial charge is 0.322 e. The molecule has 2 saturated heterocycles. The lowest BCUT2D eigenvalue weighted by Gasteiger charge is -2.37. The van der Waals surface area contributed by atoms with Gasteiger partial charge in [0.2, 0.25) is 0 Å². The van der Waals surface area contributed by atoms with Crippen molar-refractivity contribution in [3.63, 3.8) is 0 Å². The molecule has 0 saturated carbocycles. The van der Waals surface area contributed by atoms with Gasteiger partial charge in [-0.2, -0.15) is 0 Å². The Balaban J connectivity index is 1.80. The highest BCUT2D eigenvalue weighted by molar-refractivity contribution is 6.07. The van der Waals surface area contributed by atoms with E-state index in [1.54, 1.807) is 43.0 Å². The third kappa shape index (κ3) is 2.91. The van der Waals surface area contributed by atoms with E-state index in [-0.39, 0.29) is 11.9 Å². The van der Waals surface area contributed by atoms with Gasteiger partial charge >= 0.3 is 12.0 Å². The molecule has 0 spiro atoms. The molecule has 2 heterocycles. The highest BCUT2D eigenvalue weighted by Gasteiger charge is 2.43. The molecule has 3 rings (SSSR count). The highest BCUT2D eigenvalue weighted by Crippen LogP contribution is 2.27. The summed E-state index contributed by atoms with van der Waals surface area (Å²) < 4.78 is 0. The van der Waals surface area contributed by atoms with Gasteiger partial charge in [0.05, 0.1) is 5.92 Å². The Bertz CT molecular complexity index is 776. The zero-order valence-corrected chi connectivity index (χ0v) is 14.6. The molecular weight excluding hydrogens is 338 g/mol. The second-order valence-corrected chi connectivity index (χ2v) is 6.94. The number of likely N-dealkylation sites (tertiary alicyclic amines) is 1. The second kappa shape index (κ2) is 6.44. The van der Waals surface area contributed by atoms with Crippen LogP contribution in [0.25, 0.3) is 0 Å². The molecule has 0 bridgehead atoms. The van der Waals surface area contributed by atoms with E-state index in [1.807, 2.05) is 0 Å². The Morgan fingerprint density at radius 2 is 1.88 bits per heavy atom. The number of hydrogen-bond donors (Lipinski definition) is 3. The van der Waals surface area contributed by atoms with Gasteiger partial charge in [-0.25, -0.2) is 4.79 Å². The maximum Gasteiger partial charge on any atom is 0.322 e. The molecule has 3 N–H and O–H groups in total. The van der Waals surface area contributed by atoms with Crippen molar-refractivity contribution in [2.75, 3.05) is 6.54 Å². The summed E-state index contributed by atoms with van der Waals surface area (Å²) in [6.07, 6.45) is 1.21. The minimum atomic E-state index is -1.18. The van der Waals surface area contributed by atoms with Crippen molar-refractivity contribution < 1.29 is 24.3 Å². The summed E-state index contributed by atoms with van der Waals surface area (Å²) in [6, 6.07) is 5.50. The summed E-state index contributed by atoms with van der Waals surface area (Å²) in [4.78, 5) is 49.1. The Morgan fingerprint density at radius 1 is 1.23 bits per heavy atom. The van der Waals surface area contributed by atoms with E-state index in [0.29, 0.717) is 30.5 Å². The number of rotatable bonds is 3. The maximum absolute atomic E-state index is 12.8. The molecule has 138 valence electrons. The van der Waals surface area contributed by atoms with Gasteiger partial charge in [-0.3, -0.25) is 19.7 Å². The molecule has 1 unspecified atom stereocenters. The normalized spacial score (nSPS) is 28.5. The highest BCUT2D eigenvalue weighted by atomic mass is 16.4. The lowest BCUT2D eigenvalue weighted by atomic mass is 9.89. The predicted octanol–water partition coefficient (Wildman–Crippen LogP) is 1.07. The van der Waals surface area contributed by atoms with E-state index in [1.165, 1.54) is 0 Å². The van der Waals surface area contributed by atoms with Gasteiger partial charge in [0.15, 0.2) is 0 Å². The molecule has 2 aliphatic rings. The number of imide groups is 1. The Kier molecular flexibility index (Phi) is 4.43. The van der Waals surface area contributed by atoms with Crippen LogP contribution in [0.5, 0.6) is 0 Å². The molecule has 0 radical (unpaired) electrons. The topological polar surface area (TPSA) is 116 Å². The van der Waals surface area contributed by atoms with Crippen LogP contribution in [0.4, 0.5) is 4.79 Å². The number of nitrogens with zero attached hydrogens (tertiary/aromatic N) is 1. The number of urea groups is 1. The fraction of sp³-hybridized carbons (Fsp3) is 0.444. The van der Waals surface area contributed by atoms with Gasteiger partial charge in [0.25, 0.3) is 11.8 Å². The number of amides is 4. The quantitative estimate of drug-likeness (QED) is 0.698. The Labute approximate surface area is 150 Å². The lowest BCUT2D eigenvalue weighted by molar-refractivity contribution is -0.145. The number of benzene rings is 1. The maximum atomic E-state index is 12.8. The van der Waals surface area contributed by atoms with Crippen LogP contribution in [-0.2, 0) is 15.1 Å². The third-order valence-corrected chi connectivity index (χ3v) is 5.32. The number of nitrogens with one attached hydrogen (secondary N) is 2. The van der Waals surface area contributed by atoms with Crippen molar-refractivity contribution in [3.8, 4) is 0 Å². The fourth-order valence-corrected chi connectivity index (χ4v) is 3.62. The van der Waals surface area contributed by atoms with E-state index in [0.717, 1.165) is 0 Å². The number of carbonyl (C=O) groups is 4. The summed E-state index contributed by atoms with van der Waals surface area (Å²) >= 11 is 0. The molecule has 0 aliphatic carbocycles. The first-order valence-electron chi connectivity index (χ1n) is 8.52. The summed E-state index contributed by atoms with van der Waals surface area (Å²) in [6.45, 7) is 3.86. The van der Waals surface area contributed by atoms with Gasteiger partial charge in [0, 0.05) is 18.2 Å². The SMILES string of the molecule is C[C@@H]1[C@H](C(=O)O)CCCN1C(=O)c1ccc(C2(C)NC(=O)NC2=O)cc1. The average Bonchev–Trinajstić information content (AvgIpc) is 2.87. The van der Waals surface area contributed by atoms with Crippen LogP contribution >= 0.6 is 0 Å². The number of carboxylic acids is 1. The van der Waals surface area contributed by atoms with Crippen LogP contribution in [0, 0.1) is 5.92 Å². The molecule has 1 aromatic rings. The van der Waals surface area contributed by atoms with Crippen molar-refractivity contribution in [1.82, 2.24) is 15.5 Å². The Hall–Kier alpha value is -2.90. The van der Waals surface area contributed by atoms with Crippen LogP contribution in [0.1, 0.15) is 42.6 Å². The van der Waals surface area contributed by atoms with E-state index < -0.39 is 29.4 Å². The summed E-state index contributed by atoms with van der Waals surface area (Å²) in [7, 11) is 0. The van der Waals surface area contributed by atoms with E-state index in [9.17, 15) is 24.3 Å². The molecule has 2 fully saturated rings. The molecule has 8 heteroatoms. The number of carboxylic acid groups (broad SMARTS) is 1. The molecule has 2 aliphatic heterocycles. The molecule has 8 nitrogen and oxygen atoms in total. The zero-order valence-electron chi connectivity index (χ0n) is 14.6. The Morgan fingerprint density at radius 3 is 2.42 bits per heavy atom. The first kappa shape index (κ1) is 17.9. The largest absolute Gasteiger partial charge is 0.481 e. The van der Waals surface area contributed by atoms with Crippen molar-refractivity contribution in [1.29, 1.82) is 0 Å². The summed E-state index contributed by atoms with van der Waals surface area (Å²) in [5.74, 6) is -2.14. The molecule has 3 atom stereocenters. The van der Waals surface area contributed by atoms with E-state index >= 15 is 0 Å². The second-order valence-electron chi connectivity index (χ2n) is 6.94. The van der Waals surface area contributed by atoms with E-state index in [4.69, 9.17) is 0 Å². The molecule has 26 heavy (non-hydrogen) atoms. The van der Waals surface area contributed by atoms with Gasteiger partial charge in [0.1, 0.15) is 5.54 Å². The van der Waals surface area contributed by atoms with Crippen molar-refractivity contribution in [2.24, 2.45) is 5.92 Å². The first-order chi connectivity index (χ1) is 12.2. The van der Waals surface area contributed by atoms with Crippen molar-refractivity contribution in [2.45, 2.75) is 38.3 Å². The molecule has 4 amide bonds. The molecular formula is C18H21N3O5. The predicted molar refractivity (Wildman–Crippen MR) is 91.3 cm³/mol. The third-order valence-electron chi connectivity index (χ3n) is 5.32. The van der Waals surface area contributed by atoms with Gasteiger partial charge in [-0.15, -0.1) is 0 Å². The standard InChI is InChI=1S/C18H21N3O5/c1-10-13(15(23)24)4-3-9-21(10)14(22)11-5-7-12(8-6-11)18(2)16(25)19-17(26)20-18/h5-8,10,13H,3-4,9H2,1-2H3,(H,23,24)(H2,19,20,25,26)/t10-,13-,18?/m1/s1. The minimum Gasteiger partial charge on any atom is -0.481 e. The van der Waals surface area contributed by atoms with Crippen LogP contribution in [0.2, 0.25) is 0 Å². The van der Waals surface area contributed by atoms with Gasteiger partial charge in [-0.05, 0) is 44.4 Å². The number of piperidine rings is 1. The van der Waals surface area contributed by atoms with Crippen LogP contribution < -0.4 is 10.6 Å². The lowest BCUT2D eigenvalue weighted by Crippen LogP contribution is -2.49. The van der Waals surface area contributed by atoms with Crippen LogP contribution in [0.15, 0.2) is 24.3 Å². The van der Waals surface area contributed by atoms with Crippen molar-refractivity contribution >= 4 is 23.8 Å². The monoisotopic (exact) mass is 359 g/mol. The molecule has 1 aromatic carbocycles. The summed E-state index contributed by atoms with van der Waals surface area (Å²) in [5.41, 5.74) is -0.196. The van der Waals surface area contributed by atoms with E-state index in [2.05, 4.69) is 10.6 Å². The number of carbonyl (C=O) groups excluding carboxylic acids is 3. The number of hydrogen-bond acceptors (Lipinski definition) is 4. The van der Waals surface area contributed by atoms with Gasteiger partial charge in [-0.1, -0.05) is 12.1 Å². The van der Waals surface area contributed by atoms with Gasteiger partial charge < -0.3 is 15.3 Å². The summed E-state index contributed by atoms with van der Waals surface area (Å²) in [5, 5.41) is 14.1. The van der Waals surface area contributed by atoms with Crippen molar-refractivity contribution in [3.05, 3.63) is 35.4 Å². The first-order valence-corrected chi connectivity index (χ1v) is 8.52. The minimum absolute atomic E-state index is 0.236. The average molecular weight is 359 g/mol.